The highest BCUT2D eigenvalue weighted by molar-refractivity contribution is 5.86. The molecule has 6 heteroatoms. The van der Waals surface area contributed by atoms with Gasteiger partial charge in [-0.2, -0.15) is 0 Å². The van der Waals surface area contributed by atoms with Crippen molar-refractivity contribution < 1.29 is 4.74 Å². The van der Waals surface area contributed by atoms with E-state index in [4.69, 9.17) is 9.72 Å². The van der Waals surface area contributed by atoms with Gasteiger partial charge < -0.3 is 9.64 Å². The molecule has 2 aromatic carbocycles. The van der Waals surface area contributed by atoms with E-state index in [1.165, 1.54) is 22.1 Å². The summed E-state index contributed by atoms with van der Waals surface area (Å²) in [5, 5.41) is 1.20. The molecule has 3 heterocycles. The number of ether oxygens (including phenoxy) is 1. The Morgan fingerprint density at radius 1 is 0.935 bits per heavy atom. The fourth-order valence-corrected chi connectivity index (χ4v) is 5.48. The van der Waals surface area contributed by atoms with Crippen molar-refractivity contribution in [3.63, 3.8) is 0 Å². The predicted octanol–water partition coefficient (Wildman–Crippen LogP) is 5.44. The first-order valence-corrected chi connectivity index (χ1v) is 10.5. The lowest BCUT2D eigenvalue weighted by atomic mass is 9.88. The van der Waals surface area contributed by atoms with Crippen LogP contribution in [0.2, 0.25) is 0 Å². The molecule has 0 radical (unpaired) electrons. The molecule has 0 spiro atoms. The number of likely N-dealkylation sites (tertiary alicyclic amines) is 1. The van der Waals surface area contributed by atoms with Gasteiger partial charge in [0, 0.05) is 43.0 Å². The van der Waals surface area contributed by atoms with Crippen LogP contribution in [-0.4, -0.2) is 43.7 Å². The predicted molar refractivity (Wildman–Crippen MR) is 133 cm³/mol. The number of rotatable bonds is 3. The van der Waals surface area contributed by atoms with Crippen LogP contribution in [0.3, 0.4) is 0 Å². The highest BCUT2D eigenvalue weighted by Gasteiger charge is 2.46. The molecular formula is C25H31Cl2N3O. The van der Waals surface area contributed by atoms with Crippen molar-refractivity contribution in [2.75, 3.05) is 38.7 Å². The first-order chi connectivity index (χ1) is 14.0. The van der Waals surface area contributed by atoms with Gasteiger partial charge in [0.1, 0.15) is 11.6 Å². The summed E-state index contributed by atoms with van der Waals surface area (Å²) in [6, 6.07) is 17.8. The number of aryl methyl sites for hydroxylation is 2. The zero-order valence-corrected chi connectivity index (χ0v) is 20.2. The van der Waals surface area contributed by atoms with Crippen LogP contribution in [0.25, 0.3) is 10.9 Å². The first-order valence-electron chi connectivity index (χ1n) is 10.5. The highest BCUT2D eigenvalue weighted by atomic mass is 35.5. The average Bonchev–Trinajstić information content (AvgIpc) is 3.25. The van der Waals surface area contributed by atoms with Gasteiger partial charge in [-0.1, -0.05) is 24.3 Å². The maximum atomic E-state index is 5.42. The third-order valence-corrected chi connectivity index (χ3v) is 6.94. The second-order valence-corrected chi connectivity index (χ2v) is 8.75. The molecule has 2 aliphatic rings. The molecule has 0 bridgehead atoms. The zero-order chi connectivity index (χ0) is 20.1. The van der Waals surface area contributed by atoms with E-state index in [0.29, 0.717) is 17.9 Å². The molecular weight excluding hydrogens is 429 g/mol. The molecule has 4 nitrogen and oxygen atoms in total. The Hall–Kier alpha value is -2.01. The Balaban J connectivity index is 0.00000136. The Morgan fingerprint density at radius 3 is 2.45 bits per heavy atom. The number of fused-ring (bicyclic) bond motifs is 2. The van der Waals surface area contributed by atoms with E-state index >= 15 is 0 Å². The van der Waals surface area contributed by atoms with E-state index in [2.05, 4.69) is 67.1 Å². The summed E-state index contributed by atoms with van der Waals surface area (Å²) < 4.78 is 5.42. The van der Waals surface area contributed by atoms with Crippen LogP contribution in [-0.2, 0) is 0 Å². The van der Waals surface area contributed by atoms with Gasteiger partial charge in [-0.05, 0) is 61.7 Å². The number of hydrogen-bond donors (Lipinski definition) is 0. The molecule has 2 saturated heterocycles. The van der Waals surface area contributed by atoms with E-state index < -0.39 is 0 Å². The third kappa shape index (κ3) is 4.09. The van der Waals surface area contributed by atoms with Crippen LogP contribution in [0.4, 0.5) is 5.82 Å². The largest absolute Gasteiger partial charge is 0.497 e. The molecule has 1 aromatic heterocycles. The normalized spacial score (nSPS) is 22.7. The summed E-state index contributed by atoms with van der Waals surface area (Å²) in [5.41, 5.74) is 5.17. The van der Waals surface area contributed by atoms with Crippen LogP contribution in [0.1, 0.15) is 22.7 Å². The molecule has 5 rings (SSSR count). The Bertz CT molecular complexity index is 1070. The van der Waals surface area contributed by atoms with E-state index in [-0.39, 0.29) is 24.8 Å². The number of anilines is 1. The minimum atomic E-state index is 0. The molecule has 0 saturated carbocycles. The Morgan fingerprint density at radius 2 is 1.71 bits per heavy atom. The number of pyridine rings is 1. The minimum Gasteiger partial charge on any atom is -0.497 e. The van der Waals surface area contributed by atoms with Gasteiger partial charge in [0.25, 0.3) is 0 Å². The van der Waals surface area contributed by atoms with Gasteiger partial charge in [0.2, 0.25) is 0 Å². The quantitative estimate of drug-likeness (QED) is 0.520. The van der Waals surface area contributed by atoms with Crippen molar-refractivity contribution >= 4 is 41.5 Å². The lowest BCUT2D eigenvalue weighted by Gasteiger charge is -2.28. The standard InChI is InChI=1S/C25H29N3O.2ClH/c1-16-7-5-6-8-21(16)25-22-15-28(14-18(22)13-27(25)3)24-11-17(2)20-10-9-19(29-4)12-23(20)26-24;;/h5-12,18,22,25H,13-15H2,1-4H3;2*1H/t18-,22+,25-;;/m0../s1. The maximum Gasteiger partial charge on any atom is 0.129 e. The van der Waals surface area contributed by atoms with Gasteiger partial charge in [0.15, 0.2) is 0 Å². The zero-order valence-electron chi connectivity index (χ0n) is 18.5. The molecule has 0 amide bonds. The Labute approximate surface area is 197 Å². The number of nitrogens with zero attached hydrogens (tertiary/aromatic N) is 3. The summed E-state index contributed by atoms with van der Waals surface area (Å²) in [6.07, 6.45) is 0. The smallest absolute Gasteiger partial charge is 0.129 e. The fraction of sp³-hybridized carbons (Fsp3) is 0.400. The molecule has 0 N–H and O–H groups in total. The second-order valence-electron chi connectivity index (χ2n) is 8.75. The van der Waals surface area contributed by atoms with E-state index in [9.17, 15) is 0 Å². The van der Waals surface area contributed by atoms with Gasteiger partial charge in [0.05, 0.1) is 12.6 Å². The van der Waals surface area contributed by atoms with Crippen molar-refractivity contribution in [3.8, 4) is 5.75 Å². The van der Waals surface area contributed by atoms with Crippen molar-refractivity contribution in [2.45, 2.75) is 19.9 Å². The van der Waals surface area contributed by atoms with Crippen LogP contribution in [0.5, 0.6) is 5.75 Å². The van der Waals surface area contributed by atoms with Crippen LogP contribution < -0.4 is 9.64 Å². The molecule has 0 unspecified atom stereocenters. The van der Waals surface area contributed by atoms with Gasteiger partial charge in [-0.15, -0.1) is 24.8 Å². The number of aromatic nitrogens is 1. The van der Waals surface area contributed by atoms with Crippen molar-refractivity contribution in [2.24, 2.45) is 11.8 Å². The molecule has 3 aromatic rings. The number of halogens is 2. The third-order valence-electron chi connectivity index (χ3n) is 6.94. The molecule has 31 heavy (non-hydrogen) atoms. The number of methoxy groups -OCH3 is 1. The monoisotopic (exact) mass is 459 g/mol. The van der Waals surface area contributed by atoms with Crippen molar-refractivity contribution in [1.29, 1.82) is 0 Å². The first kappa shape index (κ1) is 23.6. The summed E-state index contributed by atoms with van der Waals surface area (Å²) in [5.74, 6) is 3.29. The van der Waals surface area contributed by atoms with Crippen LogP contribution in [0.15, 0.2) is 48.5 Å². The van der Waals surface area contributed by atoms with E-state index in [1.807, 2.05) is 12.1 Å². The highest BCUT2D eigenvalue weighted by Crippen LogP contribution is 2.45. The molecule has 2 fully saturated rings. The summed E-state index contributed by atoms with van der Waals surface area (Å²) in [4.78, 5) is 10.1. The van der Waals surface area contributed by atoms with E-state index in [1.54, 1.807) is 7.11 Å². The second kappa shape index (κ2) is 9.23. The van der Waals surface area contributed by atoms with Gasteiger partial charge in [-0.25, -0.2) is 4.98 Å². The lowest BCUT2D eigenvalue weighted by molar-refractivity contribution is 0.279. The summed E-state index contributed by atoms with van der Waals surface area (Å²) >= 11 is 0. The molecule has 166 valence electrons. The van der Waals surface area contributed by atoms with E-state index in [0.717, 1.165) is 36.7 Å². The summed E-state index contributed by atoms with van der Waals surface area (Å²) in [7, 11) is 3.99. The number of benzene rings is 2. The number of hydrogen-bond acceptors (Lipinski definition) is 4. The lowest BCUT2D eigenvalue weighted by Crippen LogP contribution is -2.29. The van der Waals surface area contributed by atoms with Gasteiger partial charge in [-0.3, -0.25) is 4.90 Å². The molecule has 2 aliphatic heterocycles. The topological polar surface area (TPSA) is 28.6 Å². The molecule has 0 aliphatic carbocycles. The fourth-order valence-electron chi connectivity index (χ4n) is 5.48. The minimum absolute atomic E-state index is 0. The summed E-state index contributed by atoms with van der Waals surface area (Å²) in [6.45, 7) is 7.72. The molecule has 3 atom stereocenters. The average molecular weight is 460 g/mol. The van der Waals surface area contributed by atoms with Crippen molar-refractivity contribution in [3.05, 3.63) is 65.2 Å². The van der Waals surface area contributed by atoms with Crippen molar-refractivity contribution in [1.82, 2.24) is 9.88 Å². The SMILES string of the molecule is COc1ccc2c(C)cc(N3C[C@@H]4CN(C)[C@@H](c5ccccc5C)[C@@H]4C3)nc2c1.Cl.Cl. The van der Waals surface area contributed by atoms with Crippen LogP contribution >= 0.6 is 24.8 Å². The van der Waals surface area contributed by atoms with Crippen LogP contribution in [0, 0.1) is 25.7 Å². The van der Waals surface area contributed by atoms with Gasteiger partial charge >= 0.3 is 0 Å². The Kier molecular flexibility index (Phi) is 7.04. The maximum absolute atomic E-state index is 5.42.